The number of benzene rings is 2. The summed E-state index contributed by atoms with van der Waals surface area (Å²) < 4.78 is 35.2. The number of aromatic nitrogens is 2. The van der Waals surface area contributed by atoms with Gasteiger partial charge in [0.15, 0.2) is 9.84 Å². The number of nitro groups is 1. The third-order valence-corrected chi connectivity index (χ3v) is 5.93. The van der Waals surface area contributed by atoms with Crippen molar-refractivity contribution >= 4 is 27.3 Å². The fourth-order valence-corrected chi connectivity index (χ4v) is 3.98. The minimum absolute atomic E-state index is 0.0255. The fraction of sp³-hybridized carbons (Fsp3) is 0.111. The summed E-state index contributed by atoms with van der Waals surface area (Å²) >= 11 is 1.18. The van der Waals surface area contributed by atoms with Gasteiger partial charge in [-0.05, 0) is 30.3 Å². The van der Waals surface area contributed by atoms with Crippen molar-refractivity contribution in [1.82, 2.24) is 10.2 Å². The van der Waals surface area contributed by atoms with Gasteiger partial charge in [-0.15, -0.1) is 10.2 Å². The Bertz CT molecular complexity index is 1140. The number of non-ortho nitro benzene ring substituents is 1. The van der Waals surface area contributed by atoms with Gasteiger partial charge in [-0.2, -0.15) is 0 Å². The van der Waals surface area contributed by atoms with Crippen molar-refractivity contribution in [3.8, 4) is 17.2 Å². The molecule has 0 radical (unpaired) electrons. The molecular formula is C18H15N3O6S2. The van der Waals surface area contributed by atoms with E-state index in [0.717, 1.165) is 17.5 Å². The van der Waals surface area contributed by atoms with E-state index in [4.69, 9.17) is 9.15 Å². The molecule has 29 heavy (non-hydrogen) atoms. The summed E-state index contributed by atoms with van der Waals surface area (Å²) in [6.07, 6.45) is 1.44. The number of nitro benzene ring substituents is 1. The van der Waals surface area contributed by atoms with Gasteiger partial charge in [0, 0.05) is 28.9 Å². The molecule has 0 saturated heterocycles. The summed E-state index contributed by atoms with van der Waals surface area (Å²) in [5.41, 5.74) is 0.534. The third-order valence-electron chi connectivity index (χ3n) is 3.68. The molecule has 0 atom stereocenters. The Morgan fingerprint density at radius 1 is 1.21 bits per heavy atom. The van der Waals surface area contributed by atoms with Gasteiger partial charge in [0.25, 0.3) is 10.9 Å². The molecule has 1 heterocycles. The van der Waals surface area contributed by atoms with Crippen LogP contribution in [0.15, 0.2) is 74.6 Å². The largest absolute Gasteiger partial charge is 0.497 e. The molecule has 2 aromatic carbocycles. The van der Waals surface area contributed by atoms with Crippen LogP contribution in [0.2, 0.25) is 0 Å². The molecule has 3 rings (SSSR count). The SMILES string of the molecule is COc1cccc(-c2nnc(SCC=CS(=O)(=O)c3ccc([N+](=O)[O-])cc3)o2)c1. The molecule has 1 aromatic heterocycles. The number of ether oxygens (including phenoxy) is 1. The molecule has 150 valence electrons. The van der Waals surface area contributed by atoms with Gasteiger partial charge in [-0.25, -0.2) is 8.42 Å². The Morgan fingerprint density at radius 2 is 1.97 bits per heavy atom. The number of hydrogen-bond donors (Lipinski definition) is 0. The molecule has 0 saturated carbocycles. The highest BCUT2D eigenvalue weighted by Gasteiger charge is 2.13. The quantitative estimate of drug-likeness (QED) is 0.297. The summed E-state index contributed by atoms with van der Waals surface area (Å²) in [7, 11) is -2.14. The van der Waals surface area contributed by atoms with E-state index < -0.39 is 14.8 Å². The van der Waals surface area contributed by atoms with Crippen LogP contribution >= 0.6 is 11.8 Å². The zero-order valence-electron chi connectivity index (χ0n) is 15.1. The predicted octanol–water partition coefficient (Wildman–Crippen LogP) is 3.73. The van der Waals surface area contributed by atoms with Crippen LogP contribution in [0, 0.1) is 10.1 Å². The van der Waals surface area contributed by atoms with E-state index in [2.05, 4.69) is 10.2 Å². The third kappa shape index (κ3) is 5.21. The number of hydrogen-bond acceptors (Lipinski definition) is 9. The first kappa shape index (κ1) is 20.6. The summed E-state index contributed by atoms with van der Waals surface area (Å²) in [4.78, 5) is 10.0. The van der Waals surface area contributed by atoms with E-state index in [9.17, 15) is 18.5 Å². The first-order chi connectivity index (χ1) is 13.9. The standard InChI is InChI=1S/C18H15N3O6S2/c1-26-15-5-2-4-13(12-15)17-19-20-18(27-17)28-10-3-11-29(24,25)16-8-6-14(7-9-16)21(22)23/h2-9,11-12H,10H2,1H3. The second-order valence-electron chi connectivity index (χ2n) is 5.58. The molecule has 0 aliphatic carbocycles. The van der Waals surface area contributed by atoms with E-state index in [-0.39, 0.29) is 16.3 Å². The lowest BCUT2D eigenvalue weighted by molar-refractivity contribution is -0.384. The molecule has 9 nitrogen and oxygen atoms in total. The van der Waals surface area contributed by atoms with Gasteiger partial charge in [0.05, 0.1) is 16.9 Å². The van der Waals surface area contributed by atoms with E-state index in [0.29, 0.717) is 22.4 Å². The topological polar surface area (TPSA) is 125 Å². The number of nitrogens with zero attached hydrogens (tertiary/aromatic N) is 3. The maximum atomic E-state index is 12.2. The van der Waals surface area contributed by atoms with Crippen molar-refractivity contribution in [2.45, 2.75) is 10.1 Å². The summed E-state index contributed by atoms with van der Waals surface area (Å²) in [5, 5.41) is 19.9. The average Bonchev–Trinajstić information content (AvgIpc) is 3.20. The predicted molar refractivity (Wildman–Crippen MR) is 106 cm³/mol. The van der Waals surface area contributed by atoms with Crippen LogP contribution in [0.1, 0.15) is 0 Å². The Balaban J connectivity index is 1.61. The maximum absolute atomic E-state index is 12.2. The monoisotopic (exact) mass is 433 g/mol. The molecule has 0 amide bonds. The van der Waals surface area contributed by atoms with Crippen molar-refractivity contribution in [3.05, 3.63) is 70.1 Å². The van der Waals surface area contributed by atoms with Crippen molar-refractivity contribution in [3.63, 3.8) is 0 Å². The number of rotatable bonds is 8. The maximum Gasteiger partial charge on any atom is 0.277 e. The minimum Gasteiger partial charge on any atom is -0.497 e. The van der Waals surface area contributed by atoms with E-state index >= 15 is 0 Å². The number of sulfone groups is 1. The summed E-state index contributed by atoms with van der Waals surface area (Å²) in [6.45, 7) is 0. The van der Waals surface area contributed by atoms with Crippen molar-refractivity contribution in [2.24, 2.45) is 0 Å². The molecule has 11 heteroatoms. The number of methoxy groups -OCH3 is 1. The lowest BCUT2D eigenvalue weighted by Crippen LogP contribution is -1.97. The highest BCUT2D eigenvalue weighted by molar-refractivity contribution is 7.99. The average molecular weight is 433 g/mol. The molecule has 3 aromatic rings. The van der Waals surface area contributed by atoms with Crippen molar-refractivity contribution < 1.29 is 22.5 Å². The van der Waals surface area contributed by atoms with Gasteiger partial charge in [-0.3, -0.25) is 10.1 Å². The van der Waals surface area contributed by atoms with Crippen LogP contribution in [0.25, 0.3) is 11.5 Å². The number of thioether (sulfide) groups is 1. The van der Waals surface area contributed by atoms with Crippen molar-refractivity contribution in [2.75, 3.05) is 12.9 Å². The highest BCUT2D eigenvalue weighted by Crippen LogP contribution is 2.26. The Morgan fingerprint density at radius 3 is 2.66 bits per heavy atom. The van der Waals surface area contributed by atoms with Gasteiger partial charge in [0.2, 0.25) is 5.89 Å². The van der Waals surface area contributed by atoms with Crippen LogP contribution in [0.4, 0.5) is 5.69 Å². The van der Waals surface area contributed by atoms with Crippen molar-refractivity contribution in [1.29, 1.82) is 0 Å². The smallest absolute Gasteiger partial charge is 0.277 e. The molecule has 0 aliphatic rings. The fourth-order valence-electron chi connectivity index (χ4n) is 2.26. The van der Waals surface area contributed by atoms with Crippen LogP contribution in [0.3, 0.4) is 0 Å². The van der Waals surface area contributed by atoms with Crippen LogP contribution < -0.4 is 4.74 Å². The normalized spacial score (nSPS) is 11.6. The molecular weight excluding hydrogens is 418 g/mol. The summed E-state index contributed by atoms with van der Waals surface area (Å²) in [5.74, 6) is 1.27. The van der Waals surface area contributed by atoms with E-state index in [1.807, 2.05) is 0 Å². The van der Waals surface area contributed by atoms with Gasteiger partial charge >= 0.3 is 0 Å². The first-order valence-electron chi connectivity index (χ1n) is 8.16. The van der Waals surface area contributed by atoms with Crippen LogP contribution in [0.5, 0.6) is 5.75 Å². The minimum atomic E-state index is -3.70. The van der Waals surface area contributed by atoms with Gasteiger partial charge in [0.1, 0.15) is 5.75 Å². The highest BCUT2D eigenvalue weighted by atomic mass is 32.2. The summed E-state index contributed by atoms with van der Waals surface area (Å²) in [6, 6.07) is 11.9. The zero-order chi connectivity index (χ0) is 20.9. The molecule has 0 spiro atoms. The second kappa shape index (κ2) is 8.88. The lowest BCUT2D eigenvalue weighted by atomic mass is 10.2. The van der Waals surface area contributed by atoms with Gasteiger partial charge in [-0.1, -0.05) is 23.9 Å². The van der Waals surface area contributed by atoms with Crippen LogP contribution in [-0.2, 0) is 9.84 Å². The molecule has 0 bridgehead atoms. The molecule has 0 aliphatic heterocycles. The Kier molecular flexibility index (Phi) is 6.29. The Labute approximate surface area is 170 Å². The first-order valence-corrected chi connectivity index (χ1v) is 10.7. The molecule has 0 fully saturated rings. The van der Waals surface area contributed by atoms with Gasteiger partial charge < -0.3 is 9.15 Å². The molecule has 0 N–H and O–H groups in total. The lowest BCUT2D eigenvalue weighted by Gasteiger charge is -2.00. The zero-order valence-corrected chi connectivity index (χ0v) is 16.7. The van der Waals surface area contributed by atoms with E-state index in [1.54, 1.807) is 31.4 Å². The van der Waals surface area contributed by atoms with Crippen LogP contribution in [-0.4, -0.2) is 36.4 Å². The van der Waals surface area contributed by atoms with E-state index in [1.165, 1.54) is 30.0 Å². The molecule has 0 unspecified atom stereocenters. The second-order valence-corrected chi connectivity index (χ2v) is 8.39. The Hall–Kier alpha value is -3.18.